The predicted octanol–water partition coefficient (Wildman–Crippen LogP) is 1.30. The maximum atomic E-state index is 11.6. The van der Waals surface area contributed by atoms with Crippen molar-refractivity contribution < 1.29 is 9.90 Å². The molecule has 2 aliphatic rings. The Morgan fingerprint density at radius 3 is 2.50 bits per heavy atom. The summed E-state index contributed by atoms with van der Waals surface area (Å²) in [5, 5.41) is 9.39. The number of likely N-dealkylation sites (tertiary alicyclic amines) is 1. The Hall–Kier alpha value is -0.570. The average Bonchev–Trinajstić information content (AvgIpc) is 2.20. The van der Waals surface area contributed by atoms with Gasteiger partial charge in [0.05, 0.1) is 6.10 Å². The van der Waals surface area contributed by atoms with E-state index < -0.39 is 0 Å². The van der Waals surface area contributed by atoms with Gasteiger partial charge in [-0.3, -0.25) is 4.79 Å². The Bertz CT molecular complexity index is 209. The van der Waals surface area contributed by atoms with E-state index in [0.29, 0.717) is 11.9 Å². The quantitative estimate of drug-likeness (QED) is 0.688. The number of aliphatic hydroxyl groups excluding tert-OH is 1. The van der Waals surface area contributed by atoms with Crippen molar-refractivity contribution in [1.29, 1.82) is 0 Å². The van der Waals surface area contributed by atoms with Crippen molar-refractivity contribution in [3.63, 3.8) is 0 Å². The lowest BCUT2D eigenvalue weighted by Crippen LogP contribution is -2.45. The Balaban J connectivity index is 1.90. The van der Waals surface area contributed by atoms with Gasteiger partial charge in [-0.05, 0) is 38.5 Å². The summed E-state index contributed by atoms with van der Waals surface area (Å²) in [5.74, 6) is 0.331. The lowest BCUT2D eigenvalue weighted by atomic mass is 9.91. The van der Waals surface area contributed by atoms with E-state index in [1.165, 1.54) is 0 Å². The molecule has 2 fully saturated rings. The number of hydrogen-bond donors (Lipinski definition) is 1. The number of rotatable bonds is 1. The Morgan fingerprint density at radius 1 is 1.14 bits per heavy atom. The van der Waals surface area contributed by atoms with E-state index in [0.717, 1.165) is 51.5 Å². The predicted molar refractivity (Wildman–Crippen MR) is 53.8 cm³/mol. The van der Waals surface area contributed by atoms with Crippen LogP contribution >= 0.6 is 0 Å². The molecule has 2 rings (SSSR count). The van der Waals surface area contributed by atoms with E-state index in [1.54, 1.807) is 0 Å². The molecule has 80 valence electrons. The number of nitrogens with zero attached hydrogens (tertiary/aromatic N) is 1. The monoisotopic (exact) mass is 197 g/mol. The molecule has 0 aromatic carbocycles. The summed E-state index contributed by atoms with van der Waals surface area (Å²) in [6.07, 6.45) is 6.56. The molecule has 1 aliphatic carbocycles. The maximum absolute atomic E-state index is 11.6. The number of hydrogen-bond acceptors (Lipinski definition) is 2. The number of piperidine rings is 1. The molecule has 0 atom stereocenters. The van der Waals surface area contributed by atoms with E-state index in [1.807, 2.05) is 0 Å². The van der Waals surface area contributed by atoms with E-state index in [9.17, 15) is 9.90 Å². The molecule has 0 radical (unpaired) electrons. The summed E-state index contributed by atoms with van der Waals surface area (Å²) in [6.45, 7) is 0.944. The van der Waals surface area contributed by atoms with Crippen LogP contribution in [0.15, 0.2) is 0 Å². The number of carbonyl (C=O) groups excluding carboxylic acids is 1. The first-order valence-corrected chi connectivity index (χ1v) is 5.75. The molecule has 14 heavy (non-hydrogen) atoms. The first kappa shape index (κ1) is 9.97. The SMILES string of the molecule is O=C1CCCCN1C1CCC(O)CC1. The van der Waals surface area contributed by atoms with E-state index in [2.05, 4.69) is 4.90 Å². The third kappa shape index (κ3) is 2.08. The second-order valence-corrected chi connectivity index (χ2v) is 4.51. The lowest BCUT2D eigenvalue weighted by molar-refractivity contribution is -0.137. The second kappa shape index (κ2) is 4.30. The Labute approximate surface area is 85.1 Å². The molecule has 1 heterocycles. The molecule has 0 aromatic rings. The van der Waals surface area contributed by atoms with Crippen LogP contribution in [0.4, 0.5) is 0 Å². The molecule has 0 aromatic heterocycles. The normalized spacial score (nSPS) is 34.6. The van der Waals surface area contributed by atoms with Crippen LogP contribution in [0.1, 0.15) is 44.9 Å². The molecule has 0 bridgehead atoms. The van der Waals surface area contributed by atoms with Crippen LogP contribution in [0, 0.1) is 0 Å². The van der Waals surface area contributed by atoms with Crippen molar-refractivity contribution in [2.45, 2.75) is 57.1 Å². The summed E-state index contributed by atoms with van der Waals surface area (Å²) >= 11 is 0. The molecule has 1 saturated carbocycles. The highest BCUT2D eigenvalue weighted by molar-refractivity contribution is 5.77. The van der Waals surface area contributed by atoms with E-state index in [-0.39, 0.29) is 6.10 Å². The van der Waals surface area contributed by atoms with Crippen LogP contribution in [0.3, 0.4) is 0 Å². The van der Waals surface area contributed by atoms with E-state index >= 15 is 0 Å². The molecule has 0 spiro atoms. The maximum Gasteiger partial charge on any atom is 0.222 e. The van der Waals surface area contributed by atoms with Gasteiger partial charge in [-0.25, -0.2) is 0 Å². The number of aliphatic hydroxyl groups is 1. The molecular formula is C11H19NO2. The fourth-order valence-corrected chi connectivity index (χ4v) is 2.58. The molecule has 1 N–H and O–H groups in total. The van der Waals surface area contributed by atoms with Gasteiger partial charge in [0, 0.05) is 19.0 Å². The molecular weight excluding hydrogens is 178 g/mol. The lowest BCUT2D eigenvalue weighted by Gasteiger charge is -2.37. The highest BCUT2D eigenvalue weighted by atomic mass is 16.3. The summed E-state index contributed by atoms with van der Waals surface area (Å²) in [6, 6.07) is 0.422. The summed E-state index contributed by atoms with van der Waals surface area (Å²) in [5.41, 5.74) is 0. The molecule has 1 aliphatic heterocycles. The minimum absolute atomic E-state index is 0.119. The molecule has 1 amide bonds. The average molecular weight is 197 g/mol. The second-order valence-electron chi connectivity index (χ2n) is 4.51. The van der Waals surface area contributed by atoms with Gasteiger partial charge in [0.15, 0.2) is 0 Å². The molecule has 1 saturated heterocycles. The fourth-order valence-electron chi connectivity index (χ4n) is 2.58. The molecule has 0 unspecified atom stereocenters. The minimum Gasteiger partial charge on any atom is -0.393 e. The Kier molecular flexibility index (Phi) is 3.06. The molecule has 3 nitrogen and oxygen atoms in total. The van der Waals surface area contributed by atoms with Crippen LogP contribution in [0.2, 0.25) is 0 Å². The zero-order valence-electron chi connectivity index (χ0n) is 8.61. The van der Waals surface area contributed by atoms with Crippen LogP contribution in [-0.4, -0.2) is 34.6 Å². The summed E-state index contributed by atoms with van der Waals surface area (Å²) < 4.78 is 0. The van der Waals surface area contributed by atoms with Crippen molar-refractivity contribution in [2.24, 2.45) is 0 Å². The molecule has 3 heteroatoms. The van der Waals surface area contributed by atoms with Gasteiger partial charge in [-0.1, -0.05) is 0 Å². The van der Waals surface area contributed by atoms with Crippen LogP contribution in [-0.2, 0) is 4.79 Å². The largest absolute Gasteiger partial charge is 0.393 e. The fraction of sp³-hybridized carbons (Fsp3) is 0.909. The topological polar surface area (TPSA) is 40.5 Å². The van der Waals surface area contributed by atoms with Crippen LogP contribution < -0.4 is 0 Å². The van der Waals surface area contributed by atoms with Gasteiger partial charge in [-0.15, -0.1) is 0 Å². The van der Waals surface area contributed by atoms with Crippen molar-refractivity contribution in [3.8, 4) is 0 Å². The zero-order valence-corrected chi connectivity index (χ0v) is 8.61. The van der Waals surface area contributed by atoms with Gasteiger partial charge >= 0.3 is 0 Å². The van der Waals surface area contributed by atoms with Gasteiger partial charge < -0.3 is 10.0 Å². The Morgan fingerprint density at radius 2 is 1.86 bits per heavy atom. The third-order valence-electron chi connectivity index (χ3n) is 3.47. The zero-order chi connectivity index (χ0) is 9.97. The third-order valence-corrected chi connectivity index (χ3v) is 3.47. The first-order chi connectivity index (χ1) is 6.77. The van der Waals surface area contributed by atoms with Crippen LogP contribution in [0.25, 0.3) is 0 Å². The van der Waals surface area contributed by atoms with Crippen molar-refractivity contribution >= 4 is 5.91 Å². The number of amides is 1. The van der Waals surface area contributed by atoms with Gasteiger partial charge in [0.25, 0.3) is 0 Å². The minimum atomic E-state index is -0.119. The van der Waals surface area contributed by atoms with Crippen molar-refractivity contribution in [3.05, 3.63) is 0 Å². The van der Waals surface area contributed by atoms with E-state index in [4.69, 9.17) is 0 Å². The summed E-state index contributed by atoms with van der Waals surface area (Å²) in [7, 11) is 0. The van der Waals surface area contributed by atoms with Gasteiger partial charge in [0.2, 0.25) is 5.91 Å². The van der Waals surface area contributed by atoms with Gasteiger partial charge in [0.1, 0.15) is 0 Å². The smallest absolute Gasteiger partial charge is 0.222 e. The van der Waals surface area contributed by atoms with Crippen LogP contribution in [0.5, 0.6) is 0 Å². The number of carbonyl (C=O) groups is 1. The highest BCUT2D eigenvalue weighted by Gasteiger charge is 2.29. The van der Waals surface area contributed by atoms with Gasteiger partial charge in [-0.2, -0.15) is 0 Å². The standard InChI is InChI=1S/C11H19NO2/c13-10-6-4-9(5-7-10)12-8-2-1-3-11(12)14/h9-10,13H,1-8H2. The summed E-state index contributed by atoms with van der Waals surface area (Å²) in [4.78, 5) is 13.7. The highest BCUT2D eigenvalue weighted by Crippen LogP contribution is 2.25. The van der Waals surface area contributed by atoms with Crippen molar-refractivity contribution in [2.75, 3.05) is 6.54 Å². The first-order valence-electron chi connectivity index (χ1n) is 5.75. The van der Waals surface area contributed by atoms with Crippen molar-refractivity contribution in [1.82, 2.24) is 4.90 Å².